The van der Waals surface area contributed by atoms with Gasteiger partial charge in [-0.1, -0.05) is 42.5 Å². The van der Waals surface area contributed by atoms with E-state index in [9.17, 15) is 4.79 Å². The first-order valence-electron chi connectivity index (χ1n) is 7.48. The van der Waals surface area contributed by atoms with Gasteiger partial charge >= 0.3 is 0 Å². The Bertz CT molecular complexity index is 853. The second kappa shape index (κ2) is 6.48. The molecule has 1 aromatic heterocycles. The average Bonchev–Trinajstić information content (AvgIpc) is 2.59. The van der Waals surface area contributed by atoms with Gasteiger partial charge in [-0.3, -0.25) is 4.79 Å². The fraction of sp³-hybridized carbons (Fsp3) is 0.158. The summed E-state index contributed by atoms with van der Waals surface area (Å²) in [6.45, 7) is 4.23. The van der Waals surface area contributed by atoms with E-state index in [1.807, 2.05) is 68.4 Å². The maximum Gasteiger partial charge on any atom is 0.267 e. The lowest BCUT2D eigenvalue weighted by Crippen LogP contribution is -2.14. The third kappa shape index (κ3) is 3.31. The molecular weight excluding hydrogens is 288 g/mol. The summed E-state index contributed by atoms with van der Waals surface area (Å²) in [6, 6.07) is 17.8. The minimum Gasteiger partial charge on any atom is -0.489 e. The van der Waals surface area contributed by atoms with Gasteiger partial charge in [-0.05, 0) is 37.1 Å². The van der Waals surface area contributed by atoms with E-state index in [-0.39, 0.29) is 5.56 Å². The molecule has 23 heavy (non-hydrogen) atoms. The molecule has 3 rings (SSSR count). The van der Waals surface area contributed by atoms with Gasteiger partial charge in [0.15, 0.2) is 0 Å². The van der Waals surface area contributed by atoms with Gasteiger partial charge in [0, 0.05) is 11.1 Å². The largest absolute Gasteiger partial charge is 0.489 e. The fourth-order valence-corrected chi connectivity index (χ4v) is 2.54. The van der Waals surface area contributed by atoms with E-state index in [2.05, 4.69) is 10.2 Å². The van der Waals surface area contributed by atoms with Gasteiger partial charge < -0.3 is 4.74 Å². The van der Waals surface area contributed by atoms with Crippen molar-refractivity contribution in [3.05, 3.63) is 81.8 Å². The van der Waals surface area contributed by atoms with E-state index >= 15 is 0 Å². The van der Waals surface area contributed by atoms with E-state index < -0.39 is 0 Å². The minimum atomic E-state index is -0.157. The minimum absolute atomic E-state index is 0.157. The summed E-state index contributed by atoms with van der Waals surface area (Å²) in [7, 11) is 0. The van der Waals surface area contributed by atoms with Crippen LogP contribution in [0.15, 0.2) is 59.4 Å². The molecule has 0 saturated heterocycles. The van der Waals surface area contributed by atoms with Crippen molar-refractivity contribution >= 4 is 0 Å². The number of H-pyrrole nitrogens is 1. The van der Waals surface area contributed by atoms with E-state index in [1.165, 1.54) is 0 Å². The molecule has 0 aliphatic rings. The Morgan fingerprint density at radius 3 is 2.39 bits per heavy atom. The number of aromatic nitrogens is 2. The molecule has 0 unspecified atom stereocenters. The molecule has 0 spiro atoms. The summed E-state index contributed by atoms with van der Waals surface area (Å²) in [4.78, 5) is 11.7. The summed E-state index contributed by atoms with van der Waals surface area (Å²) in [5.74, 6) is 0.797. The van der Waals surface area contributed by atoms with E-state index in [0.717, 1.165) is 28.1 Å². The predicted octanol–water partition coefficient (Wildman–Crippen LogP) is 3.63. The Kier molecular flexibility index (Phi) is 4.24. The number of rotatable bonds is 4. The molecule has 3 aromatic rings. The fourth-order valence-electron chi connectivity index (χ4n) is 2.54. The van der Waals surface area contributed by atoms with Crippen LogP contribution in [0.1, 0.15) is 16.8 Å². The molecular formula is C19H18N2O2. The van der Waals surface area contributed by atoms with Crippen LogP contribution in [0.5, 0.6) is 5.75 Å². The van der Waals surface area contributed by atoms with Crippen molar-refractivity contribution in [2.24, 2.45) is 0 Å². The van der Waals surface area contributed by atoms with Crippen LogP contribution in [-0.4, -0.2) is 10.2 Å². The van der Waals surface area contributed by atoms with Crippen LogP contribution >= 0.6 is 0 Å². The second-order valence-corrected chi connectivity index (χ2v) is 5.44. The van der Waals surface area contributed by atoms with Crippen molar-refractivity contribution in [2.75, 3.05) is 0 Å². The Morgan fingerprint density at radius 1 is 1.00 bits per heavy atom. The molecule has 4 heteroatoms. The van der Waals surface area contributed by atoms with E-state index in [1.54, 1.807) is 0 Å². The lowest BCUT2D eigenvalue weighted by Gasteiger charge is -2.10. The number of nitrogens with zero attached hydrogens (tertiary/aromatic N) is 1. The summed E-state index contributed by atoms with van der Waals surface area (Å²) in [6.07, 6.45) is 0. The van der Waals surface area contributed by atoms with Crippen molar-refractivity contribution < 1.29 is 4.74 Å². The third-order valence-electron chi connectivity index (χ3n) is 3.79. The first-order chi connectivity index (χ1) is 11.1. The van der Waals surface area contributed by atoms with Gasteiger partial charge in [0.25, 0.3) is 5.56 Å². The van der Waals surface area contributed by atoms with Crippen molar-refractivity contribution in [1.82, 2.24) is 10.2 Å². The van der Waals surface area contributed by atoms with Gasteiger partial charge in [-0.25, -0.2) is 5.10 Å². The molecule has 1 heterocycles. The molecule has 4 nitrogen and oxygen atoms in total. The van der Waals surface area contributed by atoms with Gasteiger partial charge in [0.2, 0.25) is 0 Å². The Labute approximate surface area is 134 Å². The summed E-state index contributed by atoms with van der Waals surface area (Å²) < 4.78 is 5.78. The zero-order valence-corrected chi connectivity index (χ0v) is 13.2. The molecule has 0 fully saturated rings. The maximum atomic E-state index is 11.7. The van der Waals surface area contributed by atoms with Crippen LogP contribution in [0, 0.1) is 13.8 Å². The molecule has 0 radical (unpaired) electrons. The van der Waals surface area contributed by atoms with E-state index in [0.29, 0.717) is 12.2 Å². The lowest BCUT2D eigenvalue weighted by atomic mass is 10.0. The van der Waals surface area contributed by atoms with Gasteiger partial charge in [-0.2, -0.15) is 5.10 Å². The van der Waals surface area contributed by atoms with Crippen LogP contribution in [0.4, 0.5) is 0 Å². The smallest absolute Gasteiger partial charge is 0.267 e. The summed E-state index contributed by atoms with van der Waals surface area (Å²) in [5, 5.41) is 6.54. The average molecular weight is 306 g/mol. The van der Waals surface area contributed by atoms with Gasteiger partial charge in [-0.15, -0.1) is 0 Å². The standard InChI is InChI=1S/C19H18N2O2/c1-13-18(14(2)20-21-19(13)22)16-8-10-17(11-9-16)23-12-15-6-4-3-5-7-15/h3-11H,12H2,1-2H3,(H,21,22). The van der Waals surface area contributed by atoms with Crippen molar-refractivity contribution in [3.8, 4) is 16.9 Å². The Hall–Kier alpha value is -2.88. The summed E-state index contributed by atoms with van der Waals surface area (Å²) in [5.41, 5.74) is 4.29. The number of aryl methyl sites for hydroxylation is 1. The number of hydrogen-bond acceptors (Lipinski definition) is 3. The molecule has 0 atom stereocenters. The number of aromatic amines is 1. The van der Waals surface area contributed by atoms with Crippen LogP contribution in [0.3, 0.4) is 0 Å². The highest BCUT2D eigenvalue weighted by Gasteiger charge is 2.10. The topological polar surface area (TPSA) is 55.0 Å². The lowest BCUT2D eigenvalue weighted by molar-refractivity contribution is 0.306. The van der Waals surface area contributed by atoms with Crippen LogP contribution in [-0.2, 0) is 6.61 Å². The highest BCUT2D eigenvalue weighted by atomic mass is 16.5. The quantitative estimate of drug-likeness (QED) is 0.800. The molecule has 2 aromatic carbocycles. The zero-order valence-electron chi connectivity index (χ0n) is 13.2. The molecule has 1 N–H and O–H groups in total. The molecule has 0 aliphatic heterocycles. The Morgan fingerprint density at radius 2 is 1.70 bits per heavy atom. The first kappa shape index (κ1) is 15.0. The number of ether oxygens (including phenoxy) is 1. The van der Waals surface area contributed by atoms with Gasteiger partial charge in [0.1, 0.15) is 12.4 Å². The number of benzene rings is 2. The number of nitrogens with one attached hydrogen (secondary N) is 1. The molecule has 0 saturated carbocycles. The van der Waals surface area contributed by atoms with Crippen LogP contribution in [0.2, 0.25) is 0 Å². The zero-order chi connectivity index (χ0) is 16.2. The molecule has 116 valence electrons. The first-order valence-corrected chi connectivity index (χ1v) is 7.48. The van der Waals surface area contributed by atoms with Crippen molar-refractivity contribution in [3.63, 3.8) is 0 Å². The Balaban J connectivity index is 1.80. The molecule has 0 bridgehead atoms. The number of hydrogen-bond donors (Lipinski definition) is 1. The van der Waals surface area contributed by atoms with Crippen molar-refractivity contribution in [2.45, 2.75) is 20.5 Å². The highest BCUT2D eigenvalue weighted by molar-refractivity contribution is 5.69. The van der Waals surface area contributed by atoms with E-state index in [4.69, 9.17) is 4.74 Å². The molecule has 0 aliphatic carbocycles. The van der Waals surface area contributed by atoms with Gasteiger partial charge in [0.05, 0.1) is 5.69 Å². The highest BCUT2D eigenvalue weighted by Crippen LogP contribution is 2.26. The van der Waals surface area contributed by atoms with Crippen LogP contribution in [0.25, 0.3) is 11.1 Å². The second-order valence-electron chi connectivity index (χ2n) is 5.44. The molecule has 0 amide bonds. The monoisotopic (exact) mass is 306 g/mol. The SMILES string of the molecule is Cc1n[nH]c(=O)c(C)c1-c1ccc(OCc2ccccc2)cc1. The maximum absolute atomic E-state index is 11.7. The van der Waals surface area contributed by atoms with Crippen molar-refractivity contribution in [1.29, 1.82) is 0 Å². The van der Waals surface area contributed by atoms with Crippen LogP contribution < -0.4 is 10.3 Å². The normalized spacial score (nSPS) is 10.5. The third-order valence-corrected chi connectivity index (χ3v) is 3.79. The predicted molar refractivity (Wildman–Crippen MR) is 90.5 cm³/mol. The summed E-state index contributed by atoms with van der Waals surface area (Å²) >= 11 is 0.